The number of alkyl halides is 4. The number of carboxylic acids is 1. The number of para-hydroxylation sites is 4. The summed E-state index contributed by atoms with van der Waals surface area (Å²) in [5.74, 6) is -10.9. The molecule has 0 spiro atoms. The molecule has 29 nitrogen and oxygen atoms in total. The van der Waals surface area contributed by atoms with Crippen molar-refractivity contribution in [3.8, 4) is 11.8 Å². The van der Waals surface area contributed by atoms with E-state index >= 15 is 8.78 Å². The van der Waals surface area contributed by atoms with Crippen molar-refractivity contribution >= 4 is 68.2 Å². The number of fused-ring (bicyclic) bond motifs is 2. The first-order chi connectivity index (χ1) is 50.0. The smallest absolute Gasteiger partial charge is 0.408 e. The number of aliphatic hydroxyl groups is 4. The third-order valence-corrected chi connectivity index (χ3v) is 17.7. The van der Waals surface area contributed by atoms with E-state index in [-0.39, 0.29) is 47.7 Å². The van der Waals surface area contributed by atoms with Crippen LogP contribution in [0.25, 0.3) is 22.1 Å². The minimum Gasteiger partial charge on any atom is -0.480 e. The number of allylic oxidation sites excluding steroid dienone is 2. The molecule has 107 heavy (non-hydrogen) atoms. The van der Waals surface area contributed by atoms with Gasteiger partial charge in [0.1, 0.15) is 48.6 Å². The Morgan fingerprint density at radius 3 is 1.41 bits per heavy atom. The SMILES string of the molecule is CC(C)(C)[C@H](NC(=O)O[C@@H]1CCC[C@H]1O)C(=O)O.CC(C)NC(C)C.COC(=O)[C@@H]1C[C@@H](Oc2nc3ccccc3nc2C(F)(F)/C=C/CO)CN1.COC(=O)[C@@H]1C[C@@H](Oc2nc3ccccc3nc2C(F)(F)/C=C/CO)CN1C(=O)[C@@H](NC(=O)O[C@@H]1CCC[C@H]1O)C(C)(C)C.Cc1ccc(S(=O)(=O)O)cc1. The summed E-state index contributed by atoms with van der Waals surface area (Å²) < 4.78 is 121. The predicted molar refractivity (Wildman–Crippen MR) is 384 cm³/mol. The number of esters is 2. The fourth-order valence-corrected chi connectivity index (χ4v) is 12.0. The van der Waals surface area contributed by atoms with Crippen LogP contribution in [0.15, 0.2) is 102 Å². The lowest BCUT2D eigenvalue weighted by Crippen LogP contribution is -2.57. The number of nitrogens with zero attached hydrogens (tertiary/aromatic N) is 5. The van der Waals surface area contributed by atoms with Gasteiger partial charge in [0, 0.05) is 31.5 Å². The average Bonchev–Trinajstić information content (AvgIpc) is 1.76. The van der Waals surface area contributed by atoms with Gasteiger partial charge < -0.3 is 80.1 Å². The molecule has 2 aliphatic heterocycles. The molecule has 3 aromatic carbocycles. The molecule has 592 valence electrons. The number of aliphatic carboxylic acids is 1. The van der Waals surface area contributed by atoms with Gasteiger partial charge in [0.2, 0.25) is 17.7 Å². The van der Waals surface area contributed by atoms with Crippen LogP contribution in [0.4, 0.5) is 27.2 Å². The Bertz CT molecular complexity index is 3950. The second-order valence-corrected chi connectivity index (χ2v) is 29.9. The molecule has 4 fully saturated rings. The van der Waals surface area contributed by atoms with Gasteiger partial charge in [0.25, 0.3) is 10.1 Å². The third kappa shape index (κ3) is 27.1. The fourth-order valence-electron chi connectivity index (χ4n) is 11.5. The molecule has 4 heterocycles. The summed E-state index contributed by atoms with van der Waals surface area (Å²) in [4.78, 5) is 91.5. The first-order valence-corrected chi connectivity index (χ1v) is 36.2. The van der Waals surface area contributed by atoms with Crippen LogP contribution in [0.5, 0.6) is 11.8 Å². The standard InChI is InChI=1S/C30H38F2N4O8.C18H19F2N3O4.C12H21NO5.C7H8O3S.C6H15N/c1-29(2,3)24(35-28(41)44-22-12-7-11-21(22)38)26(39)36-16-17(15-20(36)27(40)42-4)43-25-23(30(31,32)13-8-14-37)33-18-9-5-6-10-19(18)34-25;1-26-17(25)14-9-11(10-21-14)27-16-15(18(19,20)7-4-8-24)22-12-5-2-3-6-13(12)23-16;1-12(2,3)9(10(15)16)13-11(17)18-8-6-4-5-7(8)14;1-6-2-4-7(5-3-6)11(8,9)10;1-5(2)7-6(3)4/h5-6,8-10,13,17,20-22,24,37-38H,7,11-12,14-16H2,1-4H3,(H,35,41);2-7,11,14,21,24H,8-10H2,1H3;7-9,14H,4-6H2,1-3H3,(H,13,17)(H,15,16);2-5H,1H3,(H,8,9,10);5-7H,1-4H3/b13-8+;7-4+;;;/t17-,20+,21-,22-,24-;11-,14+;7-,8-,9-;;/m111../s1. The van der Waals surface area contributed by atoms with E-state index in [4.69, 9.17) is 43.6 Å². The van der Waals surface area contributed by atoms with Gasteiger partial charge in [0.05, 0.1) is 73.1 Å². The number of hydrogen-bond donors (Lipinski definition) is 10. The summed E-state index contributed by atoms with van der Waals surface area (Å²) in [6.45, 7) is 19.7. The Morgan fingerprint density at radius 2 is 1.05 bits per heavy atom. The van der Waals surface area contributed by atoms with E-state index < -0.39 is 160 Å². The highest BCUT2D eigenvalue weighted by Crippen LogP contribution is 2.39. The van der Waals surface area contributed by atoms with Crippen LogP contribution in [0.1, 0.15) is 138 Å². The molecule has 34 heteroatoms. The highest BCUT2D eigenvalue weighted by molar-refractivity contribution is 7.85. The van der Waals surface area contributed by atoms with Gasteiger partial charge in [-0.25, -0.2) is 39.1 Å². The van der Waals surface area contributed by atoms with Crippen molar-refractivity contribution < 1.29 is 113 Å². The van der Waals surface area contributed by atoms with Gasteiger partial charge in [-0.3, -0.25) is 14.1 Å². The van der Waals surface area contributed by atoms with E-state index in [1.165, 1.54) is 30.2 Å². The molecule has 4 aliphatic rings. The van der Waals surface area contributed by atoms with Gasteiger partial charge in [-0.15, -0.1) is 0 Å². The van der Waals surface area contributed by atoms with Crippen molar-refractivity contribution in [1.82, 2.24) is 46.1 Å². The highest BCUT2D eigenvalue weighted by Gasteiger charge is 2.48. The van der Waals surface area contributed by atoms with Crippen molar-refractivity contribution in [2.45, 2.75) is 217 Å². The average molecular weight is 1530 g/mol. The molecular weight excluding hydrogens is 1430 g/mol. The zero-order valence-electron chi connectivity index (χ0n) is 62.2. The van der Waals surface area contributed by atoms with Crippen LogP contribution in [0.2, 0.25) is 0 Å². The zero-order valence-corrected chi connectivity index (χ0v) is 63.0. The summed E-state index contributed by atoms with van der Waals surface area (Å²) in [6.07, 6.45) is 0.882. The molecule has 10 N–H and O–H groups in total. The number of nitrogens with one attached hydrogen (secondary N) is 4. The highest BCUT2D eigenvalue weighted by atomic mass is 32.2. The Labute approximate surface area is 619 Å². The number of carbonyl (C=O) groups is 6. The normalized spacial score (nSPS) is 20.8. The fraction of sp³-hybridized carbons (Fsp3) is 0.562. The zero-order chi connectivity index (χ0) is 79.9. The molecule has 2 aliphatic carbocycles. The number of aromatic nitrogens is 4. The molecule has 0 unspecified atom stereocenters. The number of methoxy groups -OCH3 is 2. The molecule has 10 atom stereocenters. The second kappa shape index (κ2) is 39.9. The molecule has 2 saturated carbocycles. The van der Waals surface area contributed by atoms with Crippen LogP contribution in [-0.4, -0.2) is 213 Å². The maximum absolute atomic E-state index is 15.2. The van der Waals surface area contributed by atoms with Gasteiger partial charge in [-0.1, -0.05) is 123 Å². The van der Waals surface area contributed by atoms with Gasteiger partial charge >= 0.3 is 41.9 Å². The number of halogens is 4. The summed E-state index contributed by atoms with van der Waals surface area (Å²) in [5, 5.41) is 57.6. The monoisotopic (exact) mass is 1530 g/mol. The van der Waals surface area contributed by atoms with E-state index in [2.05, 4.69) is 73.6 Å². The predicted octanol–water partition coefficient (Wildman–Crippen LogP) is 8.16. The lowest BCUT2D eigenvalue weighted by molar-refractivity contribution is -0.152. The van der Waals surface area contributed by atoms with Crippen LogP contribution in [0.3, 0.4) is 0 Å². The molecule has 9 rings (SSSR count). The molecule has 2 saturated heterocycles. The van der Waals surface area contributed by atoms with E-state index in [1.54, 1.807) is 96.1 Å². The van der Waals surface area contributed by atoms with Crippen LogP contribution in [-0.2, 0) is 60.1 Å². The van der Waals surface area contributed by atoms with Crippen LogP contribution in [0, 0.1) is 17.8 Å². The summed E-state index contributed by atoms with van der Waals surface area (Å²) >= 11 is 0. The second-order valence-electron chi connectivity index (χ2n) is 28.5. The molecule has 0 radical (unpaired) electrons. The molecule has 0 bridgehead atoms. The molecule has 2 aromatic heterocycles. The third-order valence-electron chi connectivity index (χ3n) is 16.8. The van der Waals surface area contributed by atoms with Crippen molar-refractivity contribution in [2.24, 2.45) is 10.8 Å². The van der Waals surface area contributed by atoms with Gasteiger partial charge in [-0.2, -0.15) is 26.0 Å². The maximum Gasteiger partial charge on any atom is 0.408 e. The Morgan fingerprint density at radius 1 is 0.626 bits per heavy atom. The number of likely N-dealkylation sites (tertiary alicyclic amines) is 1. The van der Waals surface area contributed by atoms with E-state index in [0.717, 1.165) is 31.2 Å². The largest absolute Gasteiger partial charge is 0.480 e. The van der Waals surface area contributed by atoms with E-state index in [9.17, 15) is 56.2 Å². The van der Waals surface area contributed by atoms with Crippen molar-refractivity contribution in [3.05, 3.63) is 114 Å². The topological polar surface area (TPSA) is 416 Å². The number of ether oxygens (including phenoxy) is 6. The summed E-state index contributed by atoms with van der Waals surface area (Å²) in [5.41, 5.74) is -0.759. The molecule has 5 aromatic rings. The lowest BCUT2D eigenvalue weighted by Gasteiger charge is -2.35. The van der Waals surface area contributed by atoms with Crippen molar-refractivity contribution in [1.29, 1.82) is 0 Å². The molecular formula is C73H101F4N9O20S. The van der Waals surface area contributed by atoms with Crippen molar-refractivity contribution in [3.63, 3.8) is 0 Å². The summed E-state index contributed by atoms with van der Waals surface area (Å²) in [6, 6.07) is 16.3. The first-order valence-electron chi connectivity index (χ1n) is 34.8. The number of alkyl carbamates (subject to hydrolysis) is 2. The first kappa shape index (κ1) is 88.9. The number of aliphatic hydroxyl groups excluding tert-OH is 4. The number of hydrogen-bond acceptors (Lipinski definition) is 24. The Kier molecular flexibility index (Phi) is 33.1. The lowest BCUT2D eigenvalue weighted by atomic mass is 9.85. The van der Waals surface area contributed by atoms with Gasteiger partial charge in [0.15, 0.2) is 11.4 Å². The Balaban J connectivity index is 0.000000275. The van der Waals surface area contributed by atoms with Crippen LogP contribution < -0.4 is 30.7 Å². The van der Waals surface area contributed by atoms with E-state index in [0.29, 0.717) is 67.4 Å². The van der Waals surface area contributed by atoms with Crippen LogP contribution >= 0.6 is 0 Å². The molecule has 3 amide bonds. The summed E-state index contributed by atoms with van der Waals surface area (Å²) in [7, 11) is -1.59. The van der Waals surface area contributed by atoms with Gasteiger partial charge in [-0.05, 0) is 105 Å². The number of rotatable bonds is 21. The Hall–Kier alpha value is -8.77. The van der Waals surface area contributed by atoms with Crippen molar-refractivity contribution in [2.75, 3.05) is 40.5 Å². The number of benzene rings is 3. The maximum atomic E-state index is 15.2. The quantitative estimate of drug-likeness (QED) is 0.0109. The van der Waals surface area contributed by atoms with E-state index in [1.807, 2.05) is 6.92 Å². The number of carboxylic acid groups (broad SMARTS) is 1. The minimum absolute atomic E-state index is 0.0666. The minimum atomic E-state index is -4.02. The number of amides is 3. The number of aryl methyl sites for hydroxylation is 1. The number of carbonyl (C=O) groups excluding carboxylic acids is 5.